The zero-order valence-corrected chi connectivity index (χ0v) is 11.6. The summed E-state index contributed by atoms with van der Waals surface area (Å²) < 4.78 is 36.9. The first kappa shape index (κ1) is 16.1. The molecule has 0 bridgehead atoms. The molecule has 0 saturated carbocycles. The topological polar surface area (TPSA) is 49.4 Å². The highest BCUT2D eigenvalue weighted by Crippen LogP contribution is 2.20. The third-order valence-electron chi connectivity index (χ3n) is 3.16. The van der Waals surface area contributed by atoms with Crippen LogP contribution in [0, 0.1) is 0 Å². The number of carbonyl (C=O) groups excluding carboxylic acids is 2. The zero-order chi connectivity index (χ0) is 16.2. The van der Waals surface area contributed by atoms with Gasteiger partial charge in [-0.2, -0.15) is 13.2 Å². The predicted molar refractivity (Wildman–Crippen MR) is 74.7 cm³/mol. The molecule has 2 amide bonds. The molecule has 1 heterocycles. The first-order valence-corrected chi connectivity index (χ1v) is 6.71. The summed E-state index contributed by atoms with van der Waals surface area (Å²) in [5.41, 5.74) is 0.832. The maximum atomic E-state index is 12.3. The molecule has 1 atom stereocenters. The maximum absolute atomic E-state index is 12.3. The number of carbonyl (C=O) groups is 2. The molecule has 1 aliphatic heterocycles. The van der Waals surface area contributed by atoms with Gasteiger partial charge in [-0.15, -0.1) is 0 Å². The minimum Gasteiger partial charge on any atom is -0.348 e. The first-order chi connectivity index (χ1) is 10.3. The lowest BCUT2D eigenvalue weighted by Crippen LogP contribution is -2.39. The normalized spacial score (nSPS) is 19.0. The van der Waals surface area contributed by atoms with Crippen LogP contribution in [0.5, 0.6) is 0 Å². The van der Waals surface area contributed by atoms with Crippen LogP contribution in [0.25, 0.3) is 6.08 Å². The average Bonchev–Trinajstić information content (AvgIpc) is 2.75. The van der Waals surface area contributed by atoms with E-state index >= 15 is 0 Å². The maximum Gasteiger partial charge on any atom is 0.406 e. The molecule has 1 N–H and O–H groups in total. The Kier molecular flexibility index (Phi) is 4.85. The van der Waals surface area contributed by atoms with Crippen LogP contribution < -0.4 is 5.32 Å². The van der Waals surface area contributed by atoms with E-state index in [1.54, 1.807) is 6.08 Å². The molecule has 2 rings (SSSR count). The summed E-state index contributed by atoms with van der Waals surface area (Å²) in [6, 6.07) is 8.52. The van der Waals surface area contributed by atoms with Gasteiger partial charge in [0.25, 0.3) is 0 Å². The summed E-state index contributed by atoms with van der Waals surface area (Å²) in [5, 5.41) is 2.54. The van der Waals surface area contributed by atoms with E-state index in [1.165, 1.54) is 6.08 Å². The van der Waals surface area contributed by atoms with Crippen molar-refractivity contribution in [3.05, 3.63) is 42.0 Å². The summed E-state index contributed by atoms with van der Waals surface area (Å²) in [5.74, 6) is -1.04. The fourth-order valence-corrected chi connectivity index (χ4v) is 2.22. The summed E-state index contributed by atoms with van der Waals surface area (Å²) >= 11 is 0. The molecule has 1 saturated heterocycles. The second-order valence-electron chi connectivity index (χ2n) is 5.04. The summed E-state index contributed by atoms with van der Waals surface area (Å²) in [4.78, 5) is 23.9. The Bertz CT molecular complexity index is 570. The molecule has 4 nitrogen and oxygen atoms in total. The van der Waals surface area contributed by atoms with Gasteiger partial charge in [0.15, 0.2) is 0 Å². The fourth-order valence-electron chi connectivity index (χ4n) is 2.22. The van der Waals surface area contributed by atoms with Crippen molar-refractivity contribution < 1.29 is 22.8 Å². The molecule has 118 valence electrons. The van der Waals surface area contributed by atoms with Gasteiger partial charge in [0.2, 0.25) is 11.8 Å². The van der Waals surface area contributed by atoms with E-state index < -0.39 is 30.6 Å². The second-order valence-corrected chi connectivity index (χ2v) is 5.04. The lowest BCUT2D eigenvalue weighted by atomic mass is 10.2. The van der Waals surface area contributed by atoms with Crippen LogP contribution in [-0.4, -0.2) is 42.0 Å². The standard InChI is InChI=1S/C15H15F3N2O2/c16-15(17,18)10-20-9-12(8-14(20)22)19-13(21)7-6-11-4-2-1-3-5-11/h1-7,12H,8-10H2,(H,19,21)/b7-6-/t12-/m1/s1. The van der Waals surface area contributed by atoms with E-state index in [4.69, 9.17) is 0 Å². The molecule has 1 aromatic rings. The van der Waals surface area contributed by atoms with Crippen LogP contribution in [0.3, 0.4) is 0 Å². The molecule has 1 aliphatic rings. The number of likely N-dealkylation sites (tertiary alicyclic amines) is 1. The van der Waals surface area contributed by atoms with Crippen LogP contribution in [0.1, 0.15) is 12.0 Å². The van der Waals surface area contributed by atoms with E-state index in [9.17, 15) is 22.8 Å². The highest BCUT2D eigenvalue weighted by Gasteiger charge is 2.38. The van der Waals surface area contributed by atoms with E-state index in [2.05, 4.69) is 5.32 Å². The highest BCUT2D eigenvalue weighted by molar-refractivity contribution is 5.92. The third-order valence-corrected chi connectivity index (χ3v) is 3.16. The van der Waals surface area contributed by atoms with E-state index in [1.807, 2.05) is 30.3 Å². The predicted octanol–water partition coefficient (Wildman–Crippen LogP) is 1.98. The number of nitrogens with zero attached hydrogens (tertiary/aromatic N) is 1. The van der Waals surface area contributed by atoms with Gasteiger partial charge in [-0.3, -0.25) is 9.59 Å². The van der Waals surface area contributed by atoms with Gasteiger partial charge < -0.3 is 10.2 Å². The van der Waals surface area contributed by atoms with Crippen LogP contribution in [0.2, 0.25) is 0 Å². The van der Waals surface area contributed by atoms with Crippen molar-refractivity contribution in [1.82, 2.24) is 10.2 Å². The molecular formula is C15H15F3N2O2. The Morgan fingerprint density at radius 1 is 1.32 bits per heavy atom. The minimum absolute atomic E-state index is 0.110. The SMILES string of the molecule is O=C(/C=C\c1ccccc1)N[C@@H]1CC(=O)N(CC(F)(F)F)C1. The van der Waals surface area contributed by atoms with Crippen molar-refractivity contribution in [2.24, 2.45) is 0 Å². The number of alkyl halides is 3. The lowest BCUT2D eigenvalue weighted by Gasteiger charge is -2.18. The largest absolute Gasteiger partial charge is 0.406 e. The smallest absolute Gasteiger partial charge is 0.348 e. The second kappa shape index (κ2) is 6.64. The average molecular weight is 312 g/mol. The number of hydrogen-bond donors (Lipinski definition) is 1. The monoisotopic (exact) mass is 312 g/mol. The Morgan fingerprint density at radius 3 is 2.64 bits per heavy atom. The van der Waals surface area contributed by atoms with Crippen LogP contribution in [-0.2, 0) is 9.59 Å². The number of halogens is 3. The minimum atomic E-state index is -4.43. The summed E-state index contributed by atoms with van der Waals surface area (Å²) in [7, 11) is 0. The number of hydrogen-bond acceptors (Lipinski definition) is 2. The Hall–Kier alpha value is -2.31. The van der Waals surface area contributed by atoms with E-state index in [-0.39, 0.29) is 13.0 Å². The van der Waals surface area contributed by atoms with Crippen LogP contribution in [0.4, 0.5) is 13.2 Å². The Labute approximate surface area is 125 Å². The zero-order valence-electron chi connectivity index (χ0n) is 11.6. The van der Waals surface area contributed by atoms with Crippen molar-refractivity contribution >= 4 is 17.9 Å². The molecule has 1 aromatic carbocycles. The molecule has 7 heteroatoms. The van der Waals surface area contributed by atoms with Gasteiger partial charge in [0.05, 0.1) is 6.04 Å². The quantitative estimate of drug-likeness (QED) is 0.864. The fraction of sp³-hybridized carbons (Fsp3) is 0.333. The van der Waals surface area contributed by atoms with Gasteiger partial charge in [-0.1, -0.05) is 30.3 Å². The molecule has 1 fully saturated rings. The van der Waals surface area contributed by atoms with Crippen LogP contribution >= 0.6 is 0 Å². The highest BCUT2D eigenvalue weighted by atomic mass is 19.4. The van der Waals surface area contributed by atoms with E-state index in [0.717, 1.165) is 5.56 Å². The Balaban J connectivity index is 1.85. The lowest BCUT2D eigenvalue weighted by molar-refractivity contribution is -0.157. The van der Waals surface area contributed by atoms with Gasteiger partial charge in [-0.05, 0) is 11.6 Å². The first-order valence-electron chi connectivity index (χ1n) is 6.71. The number of nitrogens with one attached hydrogen (secondary N) is 1. The van der Waals surface area contributed by atoms with Crippen molar-refractivity contribution in [2.75, 3.05) is 13.1 Å². The van der Waals surface area contributed by atoms with Gasteiger partial charge >= 0.3 is 6.18 Å². The van der Waals surface area contributed by atoms with Crippen molar-refractivity contribution in [3.63, 3.8) is 0 Å². The summed E-state index contributed by atoms with van der Waals surface area (Å²) in [6.07, 6.45) is -1.64. The van der Waals surface area contributed by atoms with Gasteiger partial charge in [0, 0.05) is 19.0 Å². The number of benzene rings is 1. The van der Waals surface area contributed by atoms with E-state index in [0.29, 0.717) is 4.90 Å². The van der Waals surface area contributed by atoms with Crippen molar-refractivity contribution in [2.45, 2.75) is 18.6 Å². The third kappa shape index (κ3) is 4.91. The van der Waals surface area contributed by atoms with Gasteiger partial charge in [-0.25, -0.2) is 0 Å². The number of rotatable bonds is 4. The molecule has 22 heavy (non-hydrogen) atoms. The Morgan fingerprint density at radius 2 is 2.00 bits per heavy atom. The van der Waals surface area contributed by atoms with Crippen LogP contribution in [0.15, 0.2) is 36.4 Å². The van der Waals surface area contributed by atoms with Gasteiger partial charge in [0.1, 0.15) is 6.54 Å². The molecule has 0 aliphatic carbocycles. The molecular weight excluding hydrogens is 297 g/mol. The summed E-state index contributed by atoms with van der Waals surface area (Å²) in [6.45, 7) is -1.40. The molecule has 0 unspecified atom stereocenters. The van der Waals surface area contributed by atoms with Crippen molar-refractivity contribution in [1.29, 1.82) is 0 Å². The molecule has 0 aromatic heterocycles. The molecule has 0 spiro atoms. The molecule has 0 radical (unpaired) electrons. The van der Waals surface area contributed by atoms with Crippen molar-refractivity contribution in [3.8, 4) is 0 Å². The number of amides is 2.